The molecule has 1 saturated heterocycles. The van der Waals surface area contributed by atoms with Gasteiger partial charge in [-0.2, -0.15) is 0 Å². The highest BCUT2D eigenvalue weighted by Crippen LogP contribution is 2.39. The van der Waals surface area contributed by atoms with Crippen molar-refractivity contribution in [1.29, 1.82) is 0 Å². The van der Waals surface area contributed by atoms with E-state index in [9.17, 15) is 4.79 Å². The average molecular weight is 423 g/mol. The first-order chi connectivity index (χ1) is 15.7. The summed E-state index contributed by atoms with van der Waals surface area (Å²) < 4.78 is 6.38. The number of ether oxygens (including phenoxy) is 1. The second-order valence-corrected chi connectivity index (χ2v) is 8.43. The summed E-state index contributed by atoms with van der Waals surface area (Å²) >= 11 is 0. The Bertz CT molecular complexity index is 1200. The highest BCUT2D eigenvalue weighted by Gasteiger charge is 2.43. The van der Waals surface area contributed by atoms with E-state index >= 15 is 0 Å². The minimum absolute atomic E-state index is 0.304. The number of piperidine rings is 1. The van der Waals surface area contributed by atoms with E-state index in [-0.39, 0.29) is 5.97 Å². The van der Waals surface area contributed by atoms with E-state index in [1.54, 1.807) is 12.1 Å². The highest BCUT2D eigenvalue weighted by atomic mass is 16.6. The van der Waals surface area contributed by atoms with Crippen LogP contribution in [0.5, 0.6) is 0 Å². The van der Waals surface area contributed by atoms with Crippen molar-refractivity contribution in [2.75, 3.05) is 13.1 Å². The molecule has 0 amide bonds. The molecule has 0 radical (unpaired) electrons. The van der Waals surface area contributed by atoms with Crippen molar-refractivity contribution in [2.24, 2.45) is 0 Å². The van der Waals surface area contributed by atoms with Crippen LogP contribution >= 0.6 is 0 Å². The van der Waals surface area contributed by atoms with Crippen LogP contribution in [0.1, 0.15) is 34.5 Å². The Morgan fingerprint density at radius 3 is 2.44 bits per heavy atom. The molecule has 1 aliphatic heterocycles. The summed E-state index contributed by atoms with van der Waals surface area (Å²) in [6, 6.07) is 29.9. The largest absolute Gasteiger partial charge is 0.448 e. The van der Waals surface area contributed by atoms with Crippen LogP contribution in [0.3, 0.4) is 0 Å². The summed E-state index contributed by atoms with van der Waals surface area (Å²) in [5, 5.41) is 2.14. The van der Waals surface area contributed by atoms with E-state index in [0.717, 1.165) is 42.4 Å². The molecule has 4 nitrogen and oxygen atoms in total. The van der Waals surface area contributed by atoms with Crippen molar-refractivity contribution in [3.05, 3.63) is 114 Å². The molecule has 1 aromatic heterocycles. The van der Waals surface area contributed by atoms with Crippen LogP contribution in [0, 0.1) is 0 Å². The summed E-state index contributed by atoms with van der Waals surface area (Å²) in [5.74, 6) is -0.304. The van der Waals surface area contributed by atoms with Gasteiger partial charge >= 0.3 is 5.97 Å². The Morgan fingerprint density at radius 1 is 0.906 bits per heavy atom. The average Bonchev–Trinajstić information content (AvgIpc) is 2.85. The van der Waals surface area contributed by atoms with Crippen molar-refractivity contribution in [2.45, 2.75) is 25.0 Å². The van der Waals surface area contributed by atoms with Crippen LogP contribution in [0.25, 0.3) is 10.8 Å². The number of benzene rings is 3. The van der Waals surface area contributed by atoms with Gasteiger partial charge in [-0.25, -0.2) is 4.79 Å². The standard InChI is InChI=1S/C28H26N2O2/c31-27(24-13-5-2-6-14-24)32-28(26-25-15-8-7-12-23(25)16-18-29-26)17-9-19-30(21-28)20-22-10-3-1-4-11-22/h1-8,10-16,18H,9,17,19-21H2/t28-/m1/s1. The lowest BCUT2D eigenvalue weighted by Crippen LogP contribution is -2.49. The molecule has 1 atom stereocenters. The van der Waals surface area contributed by atoms with E-state index in [2.05, 4.69) is 41.3 Å². The Labute approximate surface area is 188 Å². The second kappa shape index (κ2) is 8.93. The van der Waals surface area contributed by atoms with Gasteiger partial charge in [-0.15, -0.1) is 0 Å². The molecular formula is C28H26N2O2. The third-order valence-electron chi connectivity index (χ3n) is 6.19. The fourth-order valence-corrected chi connectivity index (χ4v) is 4.70. The number of hydrogen-bond donors (Lipinski definition) is 0. The smallest absolute Gasteiger partial charge is 0.339 e. The topological polar surface area (TPSA) is 42.4 Å². The van der Waals surface area contributed by atoms with Gasteiger partial charge < -0.3 is 4.74 Å². The molecule has 0 bridgehead atoms. The van der Waals surface area contributed by atoms with E-state index < -0.39 is 5.60 Å². The maximum absolute atomic E-state index is 13.2. The summed E-state index contributed by atoms with van der Waals surface area (Å²) in [6.07, 6.45) is 3.50. The van der Waals surface area contributed by atoms with E-state index in [0.29, 0.717) is 12.1 Å². The fraction of sp³-hybridized carbons (Fsp3) is 0.214. The molecular weight excluding hydrogens is 396 g/mol. The van der Waals surface area contributed by atoms with Gasteiger partial charge in [0.05, 0.1) is 11.3 Å². The van der Waals surface area contributed by atoms with Crippen molar-refractivity contribution in [3.8, 4) is 0 Å². The van der Waals surface area contributed by atoms with Crippen molar-refractivity contribution >= 4 is 16.7 Å². The molecule has 5 rings (SSSR count). The van der Waals surface area contributed by atoms with Crippen molar-refractivity contribution < 1.29 is 9.53 Å². The number of carbonyl (C=O) groups excluding carboxylic acids is 1. The van der Waals surface area contributed by atoms with Crippen LogP contribution < -0.4 is 0 Å². The zero-order valence-corrected chi connectivity index (χ0v) is 18.0. The first-order valence-electron chi connectivity index (χ1n) is 11.1. The lowest BCUT2D eigenvalue weighted by atomic mass is 9.86. The van der Waals surface area contributed by atoms with Crippen LogP contribution in [0.15, 0.2) is 97.2 Å². The molecule has 0 unspecified atom stereocenters. The predicted octanol–water partition coefficient (Wildman–Crippen LogP) is 5.58. The maximum atomic E-state index is 13.2. The molecule has 1 aliphatic rings. The maximum Gasteiger partial charge on any atom is 0.339 e. The fourth-order valence-electron chi connectivity index (χ4n) is 4.70. The molecule has 0 spiro atoms. The second-order valence-electron chi connectivity index (χ2n) is 8.43. The van der Waals surface area contributed by atoms with Gasteiger partial charge in [0.15, 0.2) is 5.60 Å². The number of hydrogen-bond acceptors (Lipinski definition) is 4. The number of nitrogens with zero attached hydrogens (tertiary/aromatic N) is 2. The van der Waals surface area contributed by atoms with Crippen LogP contribution in [-0.2, 0) is 16.9 Å². The SMILES string of the molecule is O=C(O[C@]1(c2nccc3ccccc23)CCCN(Cc2ccccc2)C1)c1ccccc1. The number of likely N-dealkylation sites (tertiary alicyclic amines) is 1. The van der Waals surface area contributed by atoms with Crippen molar-refractivity contribution in [1.82, 2.24) is 9.88 Å². The summed E-state index contributed by atoms with van der Waals surface area (Å²) in [6.45, 7) is 2.39. The van der Waals surface area contributed by atoms with Crippen LogP contribution in [0.4, 0.5) is 0 Å². The Balaban J connectivity index is 1.54. The first kappa shape index (κ1) is 20.4. The number of rotatable bonds is 5. The Morgan fingerprint density at radius 2 is 1.62 bits per heavy atom. The molecule has 0 N–H and O–H groups in total. The van der Waals surface area contributed by atoms with Gasteiger partial charge in [0.2, 0.25) is 0 Å². The molecule has 4 heteroatoms. The van der Waals surface area contributed by atoms with Gasteiger partial charge in [-0.05, 0) is 48.5 Å². The summed E-state index contributed by atoms with van der Waals surface area (Å²) in [4.78, 5) is 20.4. The van der Waals surface area contributed by atoms with Gasteiger partial charge in [-0.1, -0.05) is 72.8 Å². The third-order valence-corrected chi connectivity index (χ3v) is 6.19. The molecule has 0 aliphatic carbocycles. The number of pyridine rings is 1. The highest BCUT2D eigenvalue weighted by molar-refractivity contribution is 5.90. The quantitative estimate of drug-likeness (QED) is 0.394. The molecule has 160 valence electrons. The number of carbonyl (C=O) groups is 1. The summed E-state index contributed by atoms with van der Waals surface area (Å²) in [5.41, 5.74) is 1.86. The van der Waals surface area contributed by atoms with Crippen LogP contribution in [-0.4, -0.2) is 28.9 Å². The van der Waals surface area contributed by atoms with E-state index in [1.807, 2.05) is 48.7 Å². The van der Waals surface area contributed by atoms with Gasteiger partial charge in [0.25, 0.3) is 0 Å². The Hall–Kier alpha value is -3.50. The monoisotopic (exact) mass is 422 g/mol. The van der Waals surface area contributed by atoms with Gasteiger partial charge in [0, 0.05) is 24.7 Å². The van der Waals surface area contributed by atoms with Gasteiger partial charge in [0.1, 0.15) is 0 Å². The number of esters is 1. The summed E-state index contributed by atoms with van der Waals surface area (Å²) in [7, 11) is 0. The zero-order valence-electron chi connectivity index (χ0n) is 18.0. The molecule has 4 aromatic rings. The molecule has 0 saturated carbocycles. The van der Waals surface area contributed by atoms with E-state index in [4.69, 9.17) is 9.72 Å². The molecule has 2 heterocycles. The molecule has 3 aromatic carbocycles. The van der Waals surface area contributed by atoms with E-state index in [1.165, 1.54) is 5.56 Å². The Kier molecular flexibility index (Phi) is 5.70. The third kappa shape index (κ3) is 4.14. The zero-order chi connectivity index (χ0) is 21.8. The van der Waals surface area contributed by atoms with Crippen molar-refractivity contribution in [3.63, 3.8) is 0 Å². The number of aromatic nitrogens is 1. The number of fused-ring (bicyclic) bond motifs is 1. The predicted molar refractivity (Wildman–Crippen MR) is 126 cm³/mol. The minimum atomic E-state index is -0.805. The molecule has 1 fully saturated rings. The normalized spacial score (nSPS) is 19.0. The molecule has 32 heavy (non-hydrogen) atoms. The van der Waals surface area contributed by atoms with Gasteiger partial charge in [-0.3, -0.25) is 9.88 Å². The lowest BCUT2D eigenvalue weighted by molar-refractivity contribution is -0.0649. The minimum Gasteiger partial charge on any atom is -0.448 e. The lowest BCUT2D eigenvalue weighted by Gasteiger charge is -2.42. The van der Waals surface area contributed by atoms with Crippen LogP contribution in [0.2, 0.25) is 0 Å². The first-order valence-corrected chi connectivity index (χ1v) is 11.1.